The Morgan fingerprint density at radius 2 is 0.898 bits per heavy atom. The van der Waals surface area contributed by atoms with Gasteiger partial charge in [-0.25, -0.2) is 0 Å². The standard InChI is InChI=1S/C40H32B3NO5/c1-3-22(2)29-32(41)37(46)30(33(42)36(29)45)31-34(43)39(48)35(40(49)38(31)47)44(27-18-14-25(15-19-27)23-10-6-4-7-11-23)28-20-16-26(17-21-28)24-12-8-5-9-13-24/h4-22,45-49H,3H2,1-2H3. The van der Waals surface area contributed by atoms with Gasteiger partial charge in [-0.1, -0.05) is 98.8 Å². The number of hydrogen-bond donors (Lipinski definition) is 5. The van der Waals surface area contributed by atoms with Crippen LogP contribution in [-0.2, 0) is 0 Å². The molecule has 0 bridgehead atoms. The van der Waals surface area contributed by atoms with Gasteiger partial charge in [0.05, 0.1) is 0 Å². The van der Waals surface area contributed by atoms with Crippen LogP contribution in [0.3, 0.4) is 0 Å². The molecule has 5 N–H and O–H groups in total. The van der Waals surface area contributed by atoms with Gasteiger partial charge in [-0.2, -0.15) is 0 Å². The summed E-state index contributed by atoms with van der Waals surface area (Å²) in [5, 5.41) is 57.3. The molecule has 0 amide bonds. The van der Waals surface area contributed by atoms with E-state index in [4.69, 9.17) is 23.5 Å². The Morgan fingerprint density at radius 1 is 0.490 bits per heavy atom. The van der Waals surface area contributed by atoms with E-state index in [0.29, 0.717) is 17.8 Å². The van der Waals surface area contributed by atoms with Crippen molar-refractivity contribution in [3.63, 3.8) is 0 Å². The first-order valence-corrected chi connectivity index (χ1v) is 15.9. The van der Waals surface area contributed by atoms with Crippen molar-refractivity contribution in [2.24, 2.45) is 0 Å². The molecule has 6 radical (unpaired) electrons. The maximum atomic E-state index is 11.8. The van der Waals surface area contributed by atoms with E-state index in [-0.39, 0.29) is 45.0 Å². The lowest BCUT2D eigenvalue weighted by molar-refractivity contribution is 0.400. The molecule has 6 aromatic carbocycles. The quantitative estimate of drug-likeness (QED) is 0.0733. The minimum atomic E-state index is -0.783. The number of benzene rings is 6. The van der Waals surface area contributed by atoms with Crippen molar-refractivity contribution in [2.45, 2.75) is 26.2 Å². The highest BCUT2D eigenvalue weighted by Gasteiger charge is 2.31. The molecule has 6 rings (SSSR count). The molecule has 1 unspecified atom stereocenters. The number of phenols is 5. The second-order valence-electron chi connectivity index (χ2n) is 12.0. The van der Waals surface area contributed by atoms with E-state index < -0.39 is 28.5 Å². The summed E-state index contributed by atoms with van der Waals surface area (Å²) in [6, 6.07) is 34.6. The normalized spacial score (nSPS) is 11.7. The summed E-state index contributed by atoms with van der Waals surface area (Å²) in [5.74, 6) is -3.33. The second-order valence-corrected chi connectivity index (χ2v) is 12.0. The van der Waals surface area contributed by atoms with Crippen LogP contribution in [0, 0.1) is 0 Å². The molecular weight excluding hydrogens is 607 g/mol. The van der Waals surface area contributed by atoms with Crippen LogP contribution in [0.15, 0.2) is 109 Å². The van der Waals surface area contributed by atoms with Crippen molar-refractivity contribution in [1.29, 1.82) is 0 Å². The van der Waals surface area contributed by atoms with E-state index in [1.54, 1.807) is 4.90 Å². The van der Waals surface area contributed by atoms with Crippen LogP contribution in [0.5, 0.6) is 28.7 Å². The highest BCUT2D eigenvalue weighted by Crippen LogP contribution is 2.52. The minimum absolute atomic E-state index is 0.156. The fraction of sp³-hybridized carbons (Fsp3) is 0.100. The zero-order chi connectivity index (χ0) is 35.0. The third kappa shape index (κ3) is 5.86. The summed E-state index contributed by atoms with van der Waals surface area (Å²) in [4.78, 5) is 1.56. The van der Waals surface area contributed by atoms with Crippen molar-refractivity contribution < 1.29 is 25.5 Å². The highest BCUT2D eigenvalue weighted by molar-refractivity contribution is 6.46. The van der Waals surface area contributed by atoms with Crippen LogP contribution in [-0.4, -0.2) is 49.1 Å². The first-order valence-electron chi connectivity index (χ1n) is 15.9. The zero-order valence-corrected chi connectivity index (χ0v) is 27.1. The van der Waals surface area contributed by atoms with Crippen molar-refractivity contribution in [3.05, 3.63) is 115 Å². The minimum Gasteiger partial charge on any atom is -0.508 e. The van der Waals surface area contributed by atoms with Gasteiger partial charge in [-0.15, -0.1) is 0 Å². The Morgan fingerprint density at radius 3 is 1.35 bits per heavy atom. The van der Waals surface area contributed by atoms with Gasteiger partial charge in [0.1, 0.15) is 46.5 Å². The van der Waals surface area contributed by atoms with Crippen LogP contribution >= 0.6 is 0 Å². The maximum absolute atomic E-state index is 11.8. The lowest BCUT2D eigenvalue weighted by atomic mass is 9.72. The van der Waals surface area contributed by atoms with Crippen molar-refractivity contribution in [1.82, 2.24) is 0 Å². The lowest BCUT2D eigenvalue weighted by Gasteiger charge is -2.30. The first-order chi connectivity index (χ1) is 23.5. The van der Waals surface area contributed by atoms with Crippen LogP contribution < -0.4 is 21.3 Å². The molecule has 0 saturated carbocycles. The summed E-state index contributed by atoms with van der Waals surface area (Å²) < 4.78 is 0. The van der Waals surface area contributed by atoms with Gasteiger partial charge >= 0.3 is 0 Å². The first kappa shape index (κ1) is 33.2. The van der Waals surface area contributed by atoms with Crippen LogP contribution in [0.25, 0.3) is 33.4 Å². The van der Waals surface area contributed by atoms with E-state index in [9.17, 15) is 25.5 Å². The number of anilines is 3. The molecule has 9 heteroatoms. The maximum Gasteiger partial charge on any atom is 0.186 e. The Kier molecular flexibility index (Phi) is 9.11. The third-order valence-electron chi connectivity index (χ3n) is 9.04. The molecule has 0 heterocycles. The monoisotopic (exact) mass is 639 g/mol. The van der Waals surface area contributed by atoms with E-state index in [1.807, 2.05) is 123 Å². The van der Waals surface area contributed by atoms with Crippen molar-refractivity contribution in [2.75, 3.05) is 4.90 Å². The molecule has 0 saturated heterocycles. The fourth-order valence-corrected chi connectivity index (χ4v) is 6.19. The summed E-state index contributed by atoms with van der Waals surface area (Å²) >= 11 is 0. The predicted octanol–water partition coefficient (Wildman–Crippen LogP) is 6.58. The fourth-order valence-electron chi connectivity index (χ4n) is 6.19. The Hall–Kier alpha value is -5.69. The van der Waals surface area contributed by atoms with Gasteiger partial charge in [-0.05, 0) is 80.8 Å². The van der Waals surface area contributed by atoms with Gasteiger partial charge in [0.25, 0.3) is 0 Å². The van der Waals surface area contributed by atoms with E-state index in [0.717, 1.165) is 22.3 Å². The van der Waals surface area contributed by atoms with Gasteiger partial charge in [-0.3, -0.25) is 0 Å². The average Bonchev–Trinajstić information content (AvgIpc) is 3.14. The van der Waals surface area contributed by atoms with E-state index in [2.05, 4.69) is 0 Å². The Balaban J connectivity index is 1.55. The third-order valence-corrected chi connectivity index (χ3v) is 9.04. The SMILES string of the molecule is [B]c1c(O)c(C(C)CC)c([B])c(O)c1-c1c([B])c(O)c(N(c2ccc(-c3ccccc3)cc2)c2ccc(-c3ccccc3)cc2)c(O)c1O. The molecule has 0 spiro atoms. The lowest BCUT2D eigenvalue weighted by Crippen LogP contribution is -2.25. The number of phenolic OH excluding ortho intramolecular Hbond substituents is 5. The number of rotatable bonds is 8. The number of aromatic hydroxyl groups is 5. The molecule has 0 aromatic heterocycles. The molecule has 49 heavy (non-hydrogen) atoms. The number of hydrogen-bond acceptors (Lipinski definition) is 6. The van der Waals surface area contributed by atoms with Gasteiger partial charge < -0.3 is 30.4 Å². The average molecular weight is 639 g/mol. The summed E-state index contributed by atoms with van der Waals surface area (Å²) in [6.45, 7) is 3.70. The summed E-state index contributed by atoms with van der Waals surface area (Å²) in [6.07, 6.45) is 0.591. The van der Waals surface area contributed by atoms with Gasteiger partial charge in [0.15, 0.2) is 11.5 Å². The molecule has 0 fully saturated rings. The topological polar surface area (TPSA) is 104 Å². The van der Waals surface area contributed by atoms with Gasteiger partial charge in [0.2, 0.25) is 0 Å². The van der Waals surface area contributed by atoms with Crippen LogP contribution in [0.1, 0.15) is 31.7 Å². The second kappa shape index (κ2) is 13.4. The van der Waals surface area contributed by atoms with Crippen LogP contribution in [0.4, 0.5) is 17.1 Å². The largest absolute Gasteiger partial charge is 0.508 e. The Labute approximate surface area is 289 Å². The Bertz CT molecular complexity index is 2000. The molecule has 0 aliphatic heterocycles. The van der Waals surface area contributed by atoms with E-state index >= 15 is 0 Å². The molecule has 6 aromatic rings. The highest BCUT2D eigenvalue weighted by atomic mass is 16.3. The summed E-state index contributed by atoms with van der Waals surface area (Å²) in [7, 11) is 19.1. The zero-order valence-electron chi connectivity index (χ0n) is 27.1. The predicted molar refractivity (Wildman–Crippen MR) is 201 cm³/mol. The molecular formula is C40H32B3NO5. The van der Waals surface area contributed by atoms with Crippen molar-refractivity contribution in [3.8, 4) is 62.1 Å². The van der Waals surface area contributed by atoms with Crippen LogP contribution in [0.2, 0.25) is 0 Å². The molecule has 0 aliphatic carbocycles. The molecule has 6 nitrogen and oxygen atoms in total. The number of nitrogens with zero attached hydrogens (tertiary/aromatic N) is 1. The van der Waals surface area contributed by atoms with Gasteiger partial charge in [0, 0.05) is 22.5 Å². The smallest absolute Gasteiger partial charge is 0.186 e. The van der Waals surface area contributed by atoms with E-state index in [1.165, 1.54) is 0 Å². The molecule has 1 atom stereocenters. The summed E-state index contributed by atoms with van der Waals surface area (Å²) in [5.41, 5.74) is 3.40. The molecule has 0 aliphatic rings. The molecule has 236 valence electrons. The van der Waals surface area contributed by atoms with Crippen molar-refractivity contribution >= 4 is 57.0 Å².